The molecule has 1 saturated heterocycles. The fraction of sp³-hybridized carbons (Fsp3) is 0.586. The Labute approximate surface area is 219 Å². The molecule has 8 nitrogen and oxygen atoms in total. The van der Waals surface area contributed by atoms with E-state index in [9.17, 15) is 15.0 Å². The molecule has 4 heterocycles. The number of benzene rings is 1. The molecule has 0 bridgehead atoms. The van der Waals surface area contributed by atoms with Gasteiger partial charge in [0, 0.05) is 64.8 Å². The second-order valence-corrected chi connectivity index (χ2v) is 11.5. The van der Waals surface area contributed by atoms with Crippen molar-refractivity contribution in [1.29, 1.82) is 0 Å². The Morgan fingerprint density at radius 2 is 1.76 bits per heavy atom. The number of hydrogen-bond donors (Lipinski definition) is 2. The van der Waals surface area contributed by atoms with Crippen molar-refractivity contribution in [3.63, 3.8) is 0 Å². The number of amides is 1. The maximum Gasteiger partial charge on any atom is 0.255 e. The molecule has 1 aromatic heterocycles. The number of aromatic nitrogens is 1. The molecule has 0 spiro atoms. The van der Waals surface area contributed by atoms with Crippen molar-refractivity contribution in [1.82, 2.24) is 19.7 Å². The summed E-state index contributed by atoms with van der Waals surface area (Å²) in [5, 5.41) is 20.8. The summed E-state index contributed by atoms with van der Waals surface area (Å²) in [6, 6.07) is 12.1. The number of aliphatic hydroxyl groups is 2. The molecule has 2 aromatic rings. The van der Waals surface area contributed by atoms with Crippen LogP contribution in [0.1, 0.15) is 53.9 Å². The minimum atomic E-state index is -0.690. The highest BCUT2D eigenvalue weighted by Gasteiger charge is 2.29. The summed E-state index contributed by atoms with van der Waals surface area (Å²) < 4.78 is 6.17. The maximum absolute atomic E-state index is 13.2. The first kappa shape index (κ1) is 26.1. The van der Waals surface area contributed by atoms with E-state index in [0.717, 1.165) is 51.1 Å². The SMILES string of the molecule is CC(C)(O)CN1CCC(Oc2ccc3c(n2)CCN(C[C@H](O)CN2CCc4ccccc4C2)C3=O)CC1. The average molecular weight is 509 g/mol. The van der Waals surface area contributed by atoms with Crippen LogP contribution in [0.25, 0.3) is 0 Å². The number of β-amino-alcohol motifs (C(OH)–C–C–N with tert-alkyl or cyclic N) is 2. The van der Waals surface area contributed by atoms with E-state index in [0.29, 0.717) is 44.0 Å². The molecule has 37 heavy (non-hydrogen) atoms. The summed E-state index contributed by atoms with van der Waals surface area (Å²) in [6.07, 6.45) is 2.94. The van der Waals surface area contributed by atoms with E-state index in [-0.39, 0.29) is 12.0 Å². The highest BCUT2D eigenvalue weighted by molar-refractivity contribution is 5.96. The van der Waals surface area contributed by atoms with Crippen LogP contribution in [0.4, 0.5) is 0 Å². The van der Waals surface area contributed by atoms with Gasteiger partial charge in [-0.2, -0.15) is 0 Å². The molecular weight excluding hydrogens is 468 g/mol. The quantitative estimate of drug-likeness (QED) is 0.565. The molecule has 5 rings (SSSR count). The van der Waals surface area contributed by atoms with Crippen LogP contribution in [-0.4, -0.2) is 99.4 Å². The summed E-state index contributed by atoms with van der Waals surface area (Å²) in [4.78, 5) is 24.1. The van der Waals surface area contributed by atoms with Gasteiger partial charge in [0.25, 0.3) is 5.91 Å². The number of pyridine rings is 1. The first-order valence-corrected chi connectivity index (χ1v) is 13.6. The molecule has 0 aliphatic carbocycles. The van der Waals surface area contributed by atoms with Crippen molar-refractivity contribution < 1.29 is 19.7 Å². The fourth-order valence-corrected chi connectivity index (χ4v) is 5.84. The summed E-state index contributed by atoms with van der Waals surface area (Å²) in [5.41, 5.74) is 3.41. The van der Waals surface area contributed by atoms with Crippen molar-refractivity contribution in [3.05, 3.63) is 58.8 Å². The maximum atomic E-state index is 13.2. The van der Waals surface area contributed by atoms with Gasteiger partial charge in [-0.15, -0.1) is 0 Å². The van der Waals surface area contributed by atoms with Crippen LogP contribution in [0, 0.1) is 0 Å². The van der Waals surface area contributed by atoms with E-state index in [2.05, 4.69) is 39.0 Å². The van der Waals surface area contributed by atoms with Crippen molar-refractivity contribution in [2.75, 3.05) is 45.8 Å². The number of piperidine rings is 1. The van der Waals surface area contributed by atoms with Crippen LogP contribution in [-0.2, 0) is 19.4 Å². The zero-order valence-electron chi connectivity index (χ0n) is 22.1. The molecule has 1 atom stereocenters. The summed E-state index contributed by atoms with van der Waals surface area (Å²) in [6.45, 7) is 9.33. The van der Waals surface area contributed by atoms with Gasteiger partial charge in [0.2, 0.25) is 5.88 Å². The van der Waals surface area contributed by atoms with Crippen molar-refractivity contribution in [3.8, 4) is 5.88 Å². The Hall–Kier alpha value is -2.52. The number of carbonyl (C=O) groups is 1. The Morgan fingerprint density at radius 1 is 1.00 bits per heavy atom. The predicted molar refractivity (Wildman–Crippen MR) is 142 cm³/mol. The van der Waals surface area contributed by atoms with E-state index in [1.807, 2.05) is 19.9 Å². The lowest BCUT2D eigenvalue weighted by atomic mass is 9.99. The summed E-state index contributed by atoms with van der Waals surface area (Å²) in [5.74, 6) is 0.509. The molecule has 200 valence electrons. The Balaban J connectivity index is 1.11. The molecule has 1 aromatic carbocycles. The Morgan fingerprint density at radius 3 is 2.51 bits per heavy atom. The van der Waals surface area contributed by atoms with Gasteiger partial charge in [0.1, 0.15) is 6.10 Å². The van der Waals surface area contributed by atoms with E-state index in [4.69, 9.17) is 4.74 Å². The van der Waals surface area contributed by atoms with Gasteiger partial charge in [0.15, 0.2) is 0 Å². The molecule has 0 unspecified atom stereocenters. The topological polar surface area (TPSA) is 89.4 Å². The van der Waals surface area contributed by atoms with E-state index in [1.54, 1.807) is 11.0 Å². The number of aliphatic hydroxyl groups excluding tert-OH is 1. The van der Waals surface area contributed by atoms with Crippen LogP contribution in [0.5, 0.6) is 5.88 Å². The standard InChI is InChI=1S/C29H40N4O4/c1-29(2,36)20-31-14-10-24(11-15-31)37-27-8-7-25-26(30-27)12-16-33(28(25)35)19-23(34)18-32-13-9-21-5-3-4-6-22(21)17-32/h3-8,23-24,34,36H,9-20H2,1-2H3/t23-/m1/s1. The monoisotopic (exact) mass is 508 g/mol. The lowest BCUT2D eigenvalue weighted by Gasteiger charge is -2.35. The van der Waals surface area contributed by atoms with Crippen molar-refractivity contribution in [2.45, 2.75) is 63.9 Å². The first-order chi connectivity index (χ1) is 17.7. The minimum Gasteiger partial charge on any atom is -0.474 e. The number of ether oxygens (including phenoxy) is 1. The highest BCUT2D eigenvalue weighted by Crippen LogP contribution is 2.24. The van der Waals surface area contributed by atoms with Gasteiger partial charge in [-0.05, 0) is 50.3 Å². The van der Waals surface area contributed by atoms with E-state index >= 15 is 0 Å². The lowest BCUT2D eigenvalue weighted by molar-refractivity contribution is 0.0133. The van der Waals surface area contributed by atoms with Crippen LogP contribution < -0.4 is 4.74 Å². The predicted octanol–water partition coefficient (Wildman–Crippen LogP) is 2.11. The van der Waals surface area contributed by atoms with Crippen LogP contribution in [0.15, 0.2) is 36.4 Å². The average Bonchev–Trinajstić information content (AvgIpc) is 2.86. The van der Waals surface area contributed by atoms with Gasteiger partial charge in [-0.3, -0.25) is 9.69 Å². The minimum absolute atomic E-state index is 0.0664. The first-order valence-electron chi connectivity index (χ1n) is 13.6. The molecule has 8 heteroatoms. The van der Waals surface area contributed by atoms with Gasteiger partial charge in [-0.25, -0.2) is 4.98 Å². The molecular formula is C29H40N4O4. The molecule has 0 saturated carbocycles. The fourth-order valence-electron chi connectivity index (χ4n) is 5.84. The number of likely N-dealkylation sites (tertiary alicyclic amines) is 1. The molecule has 2 N–H and O–H groups in total. The Bertz CT molecular complexity index is 1090. The second-order valence-electron chi connectivity index (χ2n) is 11.5. The smallest absolute Gasteiger partial charge is 0.255 e. The molecule has 3 aliphatic heterocycles. The molecule has 1 fully saturated rings. The zero-order valence-corrected chi connectivity index (χ0v) is 22.1. The van der Waals surface area contributed by atoms with Gasteiger partial charge in [-0.1, -0.05) is 24.3 Å². The summed E-state index contributed by atoms with van der Waals surface area (Å²) >= 11 is 0. The number of carbonyl (C=O) groups excluding carboxylic acids is 1. The lowest BCUT2D eigenvalue weighted by Crippen LogP contribution is -2.46. The van der Waals surface area contributed by atoms with Crippen LogP contribution in [0.2, 0.25) is 0 Å². The van der Waals surface area contributed by atoms with Crippen molar-refractivity contribution >= 4 is 5.91 Å². The third kappa shape index (κ3) is 6.68. The number of fused-ring (bicyclic) bond motifs is 2. The second kappa shape index (κ2) is 11.1. The highest BCUT2D eigenvalue weighted by atomic mass is 16.5. The Kier molecular flexibility index (Phi) is 7.81. The third-order valence-corrected chi connectivity index (χ3v) is 7.63. The molecule has 3 aliphatic rings. The van der Waals surface area contributed by atoms with E-state index in [1.165, 1.54) is 11.1 Å². The number of nitrogens with zero attached hydrogens (tertiary/aromatic N) is 4. The van der Waals surface area contributed by atoms with Gasteiger partial charge in [0.05, 0.1) is 23.0 Å². The van der Waals surface area contributed by atoms with E-state index < -0.39 is 11.7 Å². The largest absolute Gasteiger partial charge is 0.474 e. The number of rotatable bonds is 8. The van der Waals surface area contributed by atoms with Gasteiger partial charge < -0.3 is 24.7 Å². The molecule has 1 amide bonds. The van der Waals surface area contributed by atoms with Crippen LogP contribution in [0.3, 0.4) is 0 Å². The van der Waals surface area contributed by atoms with Crippen LogP contribution >= 0.6 is 0 Å². The van der Waals surface area contributed by atoms with Gasteiger partial charge >= 0.3 is 0 Å². The van der Waals surface area contributed by atoms with Crippen molar-refractivity contribution in [2.24, 2.45) is 0 Å². The number of hydrogen-bond acceptors (Lipinski definition) is 7. The normalized spacial score (nSPS) is 20.4. The zero-order chi connectivity index (χ0) is 26.0. The third-order valence-electron chi connectivity index (χ3n) is 7.63. The molecule has 0 radical (unpaired) electrons. The summed E-state index contributed by atoms with van der Waals surface area (Å²) in [7, 11) is 0.